The molecule has 0 spiro atoms. The number of furan rings is 1. The van der Waals surface area contributed by atoms with Crippen LogP contribution in [0.2, 0.25) is 0 Å². The molecule has 0 saturated carbocycles. The minimum absolute atomic E-state index is 0.0683. The molecule has 1 N–H and O–H groups in total. The lowest BCUT2D eigenvalue weighted by Crippen LogP contribution is -2.24. The fourth-order valence-electron chi connectivity index (χ4n) is 3.50. The number of hydrogen-bond acceptors (Lipinski definition) is 5. The standard InChI is InChI=1S/C20H25NO4/c1-13-9-15(10-14(2)20(13)25-12-19(22)23-3)11-21-17-5-4-6-18-16(17)7-8-24-18/h7-10,17,21H,4-6,11-12H2,1-3H3. The average Bonchev–Trinajstić information content (AvgIpc) is 3.08. The van der Waals surface area contributed by atoms with Crippen LogP contribution < -0.4 is 10.1 Å². The fraction of sp³-hybridized carbons (Fsp3) is 0.450. The number of carbonyl (C=O) groups excluding carboxylic acids is 1. The molecular formula is C20H25NO4. The normalized spacial score (nSPS) is 16.4. The summed E-state index contributed by atoms with van der Waals surface area (Å²) in [5.74, 6) is 1.49. The summed E-state index contributed by atoms with van der Waals surface area (Å²) in [4.78, 5) is 11.3. The molecule has 0 bridgehead atoms. The third-order valence-electron chi connectivity index (χ3n) is 4.69. The molecule has 1 unspecified atom stereocenters. The Bertz CT molecular complexity index is 727. The number of fused-ring (bicyclic) bond motifs is 1. The summed E-state index contributed by atoms with van der Waals surface area (Å²) in [6.07, 6.45) is 5.10. The predicted octanol–water partition coefficient (Wildman–Crippen LogP) is 3.62. The van der Waals surface area contributed by atoms with E-state index in [-0.39, 0.29) is 12.6 Å². The van der Waals surface area contributed by atoms with E-state index in [9.17, 15) is 4.79 Å². The van der Waals surface area contributed by atoms with E-state index in [0.29, 0.717) is 6.04 Å². The van der Waals surface area contributed by atoms with Gasteiger partial charge in [-0.1, -0.05) is 12.1 Å². The third-order valence-corrected chi connectivity index (χ3v) is 4.69. The summed E-state index contributed by atoms with van der Waals surface area (Å²) >= 11 is 0. The molecule has 0 fully saturated rings. The van der Waals surface area contributed by atoms with Crippen molar-refractivity contribution in [2.24, 2.45) is 0 Å². The highest BCUT2D eigenvalue weighted by molar-refractivity contribution is 5.71. The molecule has 3 rings (SSSR count). The van der Waals surface area contributed by atoms with Crippen LogP contribution in [0, 0.1) is 13.8 Å². The van der Waals surface area contributed by atoms with Gasteiger partial charge in [0, 0.05) is 24.6 Å². The van der Waals surface area contributed by atoms with Crippen LogP contribution in [-0.4, -0.2) is 19.7 Å². The van der Waals surface area contributed by atoms with E-state index < -0.39 is 0 Å². The number of benzene rings is 1. The molecule has 0 aliphatic heterocycles. The van der Waals surface area contributed by atoms with Gasteiger partial charge in [0.2, 0.25) is 0 Å². The average molecular weight is 343 g/mol. The highest BCUT2D eigenvalue weighted by atomic mass is 16.6. The SMILES string of the molecule is COC(=O)COc1c(C)cc(CNC2CCCc3occc32)cc1C. The molecule has 1 aliphatic rings. The van der Waals surface area contributed by atoms with Gasteiger partial charge < -0.3 is 19.2 Å². The molecule has 1 atom stereocenters. The molecule has 0 amide bonds. The first-order valence-corrected chi connectivity index (χ1v) is 8.68. The summed E-state index contributed by atoms with van der Waals surface area (Å²) in [5, 5.41) is 3.64. The van der Waals surface area contributed by atoms with Crippen molar-refractivity contribution in [3.05, 3.63) is 52.5 Å². The van der Waals surface area contributed by atoms with Crippen LogP contribution in [0.4, 0.5) is 0 Å². The zero-order valence-corrected chi connectivity index (χ0v) is 15.1. The predicted molar refractivity (Wildman–Crippen MR) is 94.7 cm³/mol. The third kappa shape index (κ3) is 4.04. The van der Waals surface area contributed by atoms with Gasteiger partial charge >= 0.3 is 5.97 Å². The molecular weight excluding hydrogens is 318 g/mol. The molecule has 2 aromatic rings. The number of rotatable bonds is 6. The second-order valence-corrected chi connectivity index (χ2v) is 6.55. The second-order valence-electron chi connectivity index (χ2n) is 6.55. The monoisotopic (exact) mass is 343 g/mol. The second kappa shape index (κ2) is 7.74. The summed E-state index contributed by atoms with van der Waals surface area (Å²) < 4.78 is 15.8. The van der Waals surface area contributed by atoms with Crippen molar-refractivity contribution in [3.8, 4) is 5.75 Å². The van der Waals surface area contributed by atoms with Crippen molar-refractivity contribution in [2.45, 2.75) is 45.7 Å². The van der Waals surface area contributed by atoms with Crippen molar-refractivity contribution in [1.29, 1.82) is 0 Å². The molecule has 1 aromatic carbocycles. The Hall–Kier alpha value is -2.27. The Morgan fingerprint density at radius 1 is 1.32 bits per heavy atom. The van der Waals surface area contributed by atoms with Crippen molar-refractivity contribution in [2.75, 3.05) is 13.7 Å². The topological polar surface area (TPSA) is 60.7 Å². The highest BCUT2D eigenvalue weighted by Gasteiger charge is 2.22. The molecule has 1 aromatic heterocycles. The van der Waals surface area contributed by atoms with Crippen LogP contribution in [0.15, 0.2) is 28.9 Å². The summed E-state index contributed by atoms with van der Waals surface area (Å²) in [6.45, 7) is 4.71. The van der Waals surface area contributed by atoms with E-state index in [2.05, 4.69) is 28.3 Å². The number of nitrogens with one attached hydrogen (secondary N) is 1. The van der Waals surface area contributed by atoms with Gasteiger partial charge in [-0.25, -0.2) is 4.79 Å². The lowest BCUT2D eigenvalue weighted by molar-refractivity contribution is -0.142. The van der Waals surface area contributed by atoms with Crippen LogP contribution in [-0.2, 0) is 22.5 Å². The van der Waals surface area contributed by atoms with E-state index in [1.807, 2.05) is 13.8 Å². The van der Waals surface area contributed by atoms with E-state index >= 15 is 0 Å². The molecule has 1 heterocycles. The number of aryl methyl sites for hydroxylation is 3. The van der Waals surface area contributed by atoms with Crippen molar-refractivity contribution >= 4 is 5.97 Å². The van der Waals surface area contributed by atoms with Crippen LogP contribution in [0.3, 0.4) is 0 Å². The maximum atomic E-state index is 11.3. The smallest absolute Gasteiger partial charge is 0.343 e. The number of carbonyl (C=O) groups is 1. The van der Waals surface area contributed by atoms with E-state index in [4.69, 9.17) is 9.15 Å². The molecule has 0 radical (unpaired) electrons. The van der Waals surface area contributed by atoms with Gasteiger partial charge in [-0.2, -0.15) is 0 Å². The molecule has 134 valence electrons. The molecule has 25 heavy (non-hydrogen) atoms. The molecule has 1 aliphatic carbocycles. The lowest BCUT2D eigenvalue weighted by Gasteiger charge is -2.23. The van der Waals surface area contributed by atoms with Gasteiger partial charge in [-0.3, -0.25) is 0 Å². The van der Waals surface area contributed by atoms with E-state index in [1.54, 1.807) is 6.26 Å². The van der Waals surface area contributed by atoms with Crippen molar-refractivity contribution in [3.63, 3.8) is 0 Å². The van der Waals surface area contributed by atoms with Gasteiger partial charge in [0.15, 0.2) is 6.61 Å². The Morgan fingerprint density at radius 3 is 2.80 bits per heavy atom. The largest absolute Gasteiger partial charge is 0.481 e. The van der Waals surface area contributed by atoms with Gasteiger partial charge in [0.1, 0.15) is 11.5 Å². The Morgan fingerprint density at radius 2 is 2.08 bits per heavy atom. The van der Waals surface area contributed by atoms with Crippen LogP contribution in [0.1, 0.15) is 46.9 Å². The quantitative estimate of drug-likeness (QED) is 0.812. The van der Waals surface area contributed by atoms with Crippen LogP contribution in [0.5, 0.6) is 5.75 Å². The number of hydrogen-bond donors (Lipinski definition) is 1. The number of methoxy groups -OCH3 is 1. The maximum absolute atomic E-state index is 11.3. The van der Waals surface area contributed by atoms with Crippen molar-refractivity contribution < 1.29 is 18.7 Å². The van der Waals surface area contributed by atoms with Gasteiger partial charge in [0.05, 0.1) is 13.4 Å². The summed E-state index contributed by atoms with van der Waals surface area (Å²) in [5.41, 5.74) is 4.54. The van der Waals surface area contributed by atoms with Gasteiger partial charge in [-0.15, -0.1) is 0 Å². The maximum Gasteiger partial charge on any atom is 0.343 e. The zero-order valence-electron chi connectivity index (χ0n) is 15.1. The van der Waals surface area contributed by atoms with E-state index in [0.717, 1.165) is 48.4 Å². The first-order chi connectivity index (χ1) is 12.1. The minimum Gasteiger partial charge on any atom is -0.481 e. The fourth-order valence-corrected chi connectivity index (χ4v) is 3.50. The Balaban J connectivity index is 1.65. The summed E-state index contributed by atoms with van der Waals surface area (Å²) in [6, 6.07) is 6.63. The molecule has 0 saturated heterocycles. The first kappa shape index (κ1) is 17.5. The minimum atomic E-state index is -0.377. The van der Waals surface area contributed by atoms with Gasteiger partial charge in [-0.05, 0) is 49.4 Å². The molecule has 5 heteroatoms. The lowest BCUT2D eigenvalue weighted by atomic mass is 9.93. The molecule has 5 nitrogen and oxygen atoms in total. The first-order valence-electron chi connectivity index (χ1n) is 8.68. The van der Waals surface area contributed by atoms with Crippen molar-refractivity contribution in [1.82, 2.24) is 5.32 Å². The summed E-state index contributed by atoms with van der Waals surface area (Å²) in [7, 11) is 1.36. The number of esters is 1. The Kier molecular flexibility index (Phi) is 5.43. The highest BCUT2D eigenvalue weighted by Crippen LogP contribution is 2.31. The van der Waals surface area contributed by atoms with Crippen LogP contribution in [0.25, 0.3) is 0 Å². The Labute approximate surface area is 148 Å². The zero-order chi connectivity index (χ0) is 17.8. The van der Waals surface area contributed by atoms with Crippen LogP contribution >= 0.6 is 0 Å². The van der Waals surface area contributed by atoms with Gasteiger partial charge in [0.25, 0.3) is 0 Å². The number of ether oxygens (including phenoxy) is 2. The van der Waals surface area contributed by atoms with E-state index in [1.165, 1.54) is 18.2 Å².